The maximum atomic E-state index is 12.5. The van der Waals surface area contributed by atoms with Crippen molar-refractivity contribution in [3.63, 3.8) is 0 Å². The molecule has 0 aromatic heterocycles. The number of carbonyl (C=O) groups is 1. The van der Waals surface area contributed by atoms with Gasteiger partial charge in [0.15, 0.2) is 0 Å². The van der Waals surface area contributed by atoms with E-state index < -0.39 is 6.10 Å². The molecule has 4 nitrogen and oxygen atoms in total. The average molecular weight is 311 g/mol. The second-order valence-electron chi connectivity index (χ2n) is 5.91. The molecular formula is C19H21NO3. The van der Waals surface area contributed by atoms with E-state index in [1.54, 1.807) is 7.11 Å². The van der Waals surface area contributed by atoms with Crippen LogP contribution in [0.25, 0.3) is 0 Å². The van der Waals surface area contributed by atoms with Crippen molar-refractivity contribution >= 4 is 5.91 Å². The molecule has 0 unspecified atom stereocenters. The highest BCUT2D eigenvalue weighted by atomic mass is 16.5. The molecule has 0 N–H and O–H groups in total. The topological polar surface area (TPSA) is 38.8 Å². The minimum absolute atomic E-state index is 0.0321. The van der Waals surface area contributed by atoms with E-state index in [9.17, 15) is 4.79 Å². The number of hydrogen-bond donors (Lipinski definition) is 0. The predicted molar refractivity (Wildman–Crippen MR) is 88.6 cm³/mol. The highest BCUT2D eigenvalue weighted by Crippen LogP contribution is 2.39. The standard InChI is InChI=1S/C19H21NO3/c1-13(2)20-17(14-9-11-15(22-3)12-10-14)18(19(20)21)23-16-7-5-4-6-8-16/h4-13,17-18H,1-3H3/t17-,18-/m1/s1. The summed E-state index contributed by atoms with van der Waals surface area (Å²) in [5.41, 5.74) is 1.06. The van der Waals surface area contributed by atoms with Gasteiger partial charge in [-0.2, -0.15) is 0 Å². The molecule has 23 heavy (non-hydrogen) atoms. The first-order chi connectivity index (χ1) is 11.1. The number of carbonyl (C=O) groups excluding carboxylic acids is 1. The number of rotatable bonds is 5. The van der Waals surface area contributed by atoms with Crippen LogP contribution in [0.2, 0.25) is 0 Å². The second-order valence-corrected chi connectivity index (χ2v) is 5.91. The van der Waals surface area contributed by atoms with Crippen LogP contribution in [0.3, 0.4) is 0 Å². The number of amides is 1. The van der Waals surface area contributed by atoms with Crippen LogP contribution in [0, 0.1) is 0 Å². The van der Waals surface area contributed by atoms with Gasteiger partial charge >= 0.3 is 0 Å². The van der Waals surface area contributed by atoms with Crippen LogP contribution in [-0.2, 0) is 4.79 Å². The lowest BCUT2D eigenvalue weighted by Gasteiger charge is -2.49. The molecule has 2 atom stereocenters. The lowest BCUT2D eigenvalue weighted by Crippen LogP contribution is -2.63. The number of para-hydroxylation sites is 1. The van der Waals surface area contributed by atoms with E-state index >= 15 is 0 Å². The smallest absolute Gasteiger partial charge is 0.267 e. The fourth-order valence-corrected chi connectivity index (χ4v) is 2.96. The van der Waals surface area contributed by atoms with Crippen molar-refractivity contribution in [2.45, 2.75) is 32.0 Å². The molecule has 1 aliphatic rings. The van der Waals surface area contributed by atoms with Crippen LogP contribution in [0.5, 0.6) is 11.5 Å². The summed E-state index contributed by atoms with van der Waals surface area (Å²) in [4.78, 5) is 14.4. The van der Waals surface area contributed by atoms with Crippen molar-refractivity contribution in [1.29, 1.82) is 0 Å². The van der Waals surface area contributed by atoms with Gasteiger partial charge in [0.05, 0.1) is 7.11 Å². The molecule has 0 saturated carbocycles. The van der Waals surface area contributed by atoms with Crippen molar-refractivity contribution < 1.29 is 14.3 Å². The Hall–Kier alpha value is -2.49. The molecule has 1 amide bonds. The van der Waals surface area contributed by atoms with Gasteiger partial charge in [-0.05, 0) is 43.7 Å². The number of likely N-dealkylation sites (tertiary alicyclic amines) is 1. The first-order valence-electron chi connectivity index (χ1n) is 7.79. The van der Waals surface area contributed by atoms with Crippen molar-refractivity contribution in [3.05, 3.63) is 60.2 Å². The van der Waals surface area contributed by atoms with E-state index in [0.717, 1.165) is 11.3 Å². The molecule has 2 aromatic carbocycles. The maximum Gasteiger partial charge on any atom is 0.267 e. The predicted octanol–water partition coefficient (Wildman–Crippen LogP) is 3.43. The molecule has 1 aliphatic heterocycles. The van der Waals surface area contributed by atoms with Gasteiger partial charge in [-0.3, -0.25) is 4.79 Å². The van der Waals surface area contributed by atoms with E-state index in [2.05, 4.69) is 0 Å². The van der Waals surface area contributed by atoms with Gasteiger partial charge in [0.2, 0.25) is 6.10 Å². The largest absolute Gasteiger partial charge is 0.497 e. The third-order valence-corrected chi connectivity index (χ3v) is 4.10. The highest BCUT2D eigenvalue weighted by Gasteiger charge is 2.51. The van der Waals surface area contributed by atoms with E-state index in [1.165, 1.54) is 0 Å². The van der Waals surface area contributed by atoms with Gasteiger partial charge in [-0.25, -0.2) is 0 Å². The Morgan fingerprint density at radius 1 is 0.957 bits per heavy atom. The zero-order valence-corrected chi connectivity index (χ0v) is 13.6. The summed E-state index contributed by atoms with van der Waals surface area (Å²) >= 11 is 0. The summed E-state index contributed by atoms with van der Waals surface area (Å²) in [7, 11) is 1.64. The van der Waals surface area contributed by atoms with E-state index in [0.29, 0.717) is 5.75 Å². The van der Waals surface area contributed by atoms with Crippen molar-refractivity contribution in [2.75, 3.05) is 7.11 Å². The average Bonchev–Trinajstić information content (AvgIpc) is 2.58. The third kappa shape index (κ3) is 2.89. The van der Waals surface area contributed by atoms with Crippen LogP contribution in [-0.4, -0.2) is 30.1 Å². The molecule has 1 fully saturated rings. The molecule has 4 heteroatoms. The van der Waals surface area contributed by atoms with Gasteiger partial charge < -0.3 is 14.4 Å². The van der Waals surface area contributed by atoms with Crippen molar-refractivity contribution in [3.8, 4) is 11.5 Å². The van der Waals surface area contributed by atoms with Crippen molar-refractivity contribution in [1.82, 2.24) is 4.90 Å². The third-order valence-electron chi connectivity index (χ3n) is 4.10. The molecule has 1 heterocycles. The van der Waals surface area contributed by atoms with E-state index in [-0.39, 0.29) is 18.0 Å². The number of ether oxygens (including phenoxy) is 2. The fraction of sp³-hybridized carbons (Fsp3) is 0.316. The Kier molecular flexibility index (Phi) is 4.24. The lowest BCUT2D eigenvalue weighted by atomic mass is 9.89. The fourth-order valence-electron chi connectivity index (χ4n) is 2.96. The van der Waals surface area contributed by atoms with Crippen molar-refractivity contribution in [2.24, 2.45) is 0 Å². The van der Waals surface area contributed by atoms with Crippen LogP contribution < -0.4 is 9.47 Å². The van der Waals surface area contributed by atoms with Gasteiger partial charge in [-0.15, -0.1) is 0 Å². The minimum atomic E-state index is -0.479. The van der Waals surface area contributed by atoms with Gasteiger partial charge in [0.25, 0.3) is 5.91 Å². The number of methoxy groups -OCH3 is 1. The molecule has 0 spiro atoms. The molecule has 2 aromatic rings. The van der Waals surface area contributed by atoms with E-state index in [4.69, 9.17) is 9.47 Å². The van der Waals surface area contributed by atoms with Gasteiger partial charge in [0, 0.05) is 6.04 Å². The Balaban J connectivity index is 1.86. The quantitative estimate of drug-likeness (QED) is 0.794. The zero-order valence-electron chi connectivity index (χ0n) is 13.6. The SMILES string of the molecule is COc1ccc([C@@H]2[C@@H](Oc3ccccc3)C(=O)N2C(C)C)cc1. The molecule has 0 bridgehead atoms. The molecule has 3 rings (SSSR count). The summed E-state index contributed by atoms with van der Waals surface area (Å²) in [6, 6.07) is 17.3. The van der Waals surface area contributed by atoms with E-state index in [1.807, 2.05) is 73.3 Å². The zero-order chi connectivity index (χ0) is 16.4. The first-order valence-corrected chi connectivity index (χ1v) is 7.79. The number of nitrogens with zero attached hydrogens (tertiary/aromatic N) is 1. The van der Waals surface area contributed by atoms with Gasteiger partial charge in [-0.1, -0.05) is 30.3 Å². The highest BCUT2D eigenvalue weighted by molar-refractivity contribution is 5.89. The maximum absolute atomic E-state index is 12.5. The second kappa shape index (κ2) is 6.32. The van der Waals surface area contributed by atoms with Crippen LogP contribution in [0.1, 0.15) is 25.5 Å². The van der Waals surface area contributed by atoms with Crippen LogP contribution >= 0.6 is 0 Å². The number of β-lactam (4-membered cyclic amide) rings is 1. The Labute approximate surface area is 136 Å². The Morgan fingerprint density at radius 3 is 2.17 bits per heavy atom. The van der Waals surface area contributed by atoms with Crippen LogP contribution in [0.15, 0.2) is 54.6 Å². The number of hydrogen-bond acceptors (Lipinski definition) is 3. The minimum Gasteiger partial charge on any atom is -0.497 e. The molecule has 120 valence electrons. The Morgan fingerprint density at radius 2 is 1.61 bits per heavy atom. The molecule has 0 aliphatic carbocycles. The summed E-state index contributed by atoms with van der Waals surface area (Å²) < 4.78 is 11.2. The molecular weight excluding hydrogens is 290 g/mol. The first kappa shape index (κ1) is 15.4. The monoisotopic (exact) mass is 311 g/mol. The Bertz CT molecular complexity index is 667. The summed E-state index contributed by atoms with van der Waals surface area (Å²) in [6.07, 6.45) is -0.479. The number of benzene rings is 2. The summed E-state index contributed by atoms with van der Waals surface area (Å²) in [5, 5.41) is 0. The van der Waals surface area contributed by atoms with Gasteiger partial charge in [0.1, 0.15) is 17.5 Å². The molecule has 0 radical (unpaired) electrons. The summed E-state index contributed by atoms with van der Waals surface area (Å²) in [5.74, 6) is 1.55. The normalized spacial score (nSPS) is 20.3. The summed E-state index contributed by atoms with van der Waals surface area (Å²) in [6.45, 7) is 4.04. The van der Waals surface area contributed by atoms with Crippen LogP contribution in [0.4, 0.5) is 0 Å². The lowest BCUT2D eigenvalue weighted by molar-refractivity contribution is -0.167. The molecule has 1 saturated heterocycles.